The third kappa shape index (κ3) is 32.4. The van der Waals surface area contributed by atoms with Gasteiger partial charge in [0.25, 0.3) is 0 Å². The summed E-state index contributed by atoms with van der Waals surface area (Å²) in [7, 11) is 0. The number of hydrogen-bond acceptors (Lipinski definition) is 5. The number of esters is 2. The van der Waals surface area contributed by atoms with Gasteiger partial charge >= 0.3 is 11.9 Å². The molecule has 0 radical (unpaired) electrons. The van der Waals surface area contributed by atoms with Crippen LogP contribution in [0.2, 0.25) is 0 Å². The van der Waals surface area contributed by atoms with Crippen molar-refractivity contribution in [3.8, 4) is 0 Å². The number of allylic oxidation sites excluding steroid dienone is 10. The molecule has 0 aromatic heterocycles. The van der Waals surface area contributed by atoms with E-state index in [-0.39, 0.29) is 31.6 Å². The minimum atomic E-state index is -0.799. The van der Waals surface area contributed by atoms with Gasteiger partial charge in [-0.05, 0) is 51.4 Å². The molecule has 0 aromatic rings. The fourth-order valence-corrected chi connectivity index (χ4v) is 4.47. The molecule has 0 saturated heterocycles. The summed E-state index contributed by atoms with van der Waals surface area (Å²) >= 11 is 0. The lowest BCUT2D eigenvalue weighted by molar-refractivity contribution is -0.161. The number of ether oxygens (including phenoxy) is 2. The van der Waals surface area contributed by atoms with E-state index in [9.17, 15) is 14.7 Å². The van der Waals surface area contributed by atoms with Crippen LogP contribution in [0.15, 0.2) is 60.8 Å². The average molecular weight is 601 g/mol. The smallest absolute Gasteiger partial charge is 0.306 e. The topological polar surface area (TPSA) is 72.8 Å². The molecule has 0 amide bonds. The van der Waals surface area contributed by atoms with Crippen LogP contribution >= 0.6 is 0 Å². The first-order valence-corrected chi connectivity index (χ1v) is 17.3. The fourth-order valence-electron chi connectivity index (χ4n) is 4.47. The summed E-state index contributed by atoms with van der Waals surface area (Å²) in [6.07, 6.45) is 42.8. The van der Waals surface area contributed by atoms with Crippen molar-refractivity contribution in [3.05, 3.63) is 60.8 Å². The van der Waals surface area contributed by atoms with E-state index >= 15 is 0 Å². The Kier molecular flexibility index (Phi) is 32.2. The summed E-state index contributed by atoms with van der Waals surface area (Å²) in [6, 6.07) is 0. The maximum atomic E-state index is 12.1. The van der Waals surface area contributed by atoms with Crippen molar-refractivity contribution in [2.45, 2.75) is 155 Å². The quantitative estimate of drug-likeness (QED) is 0.0504. The molecule has 0 saturated carbocycles. The minimum absolute atomic E-state index is 0.0892. The lowest BCUT2D eigenvalue weighted by atomic mass is 10.0. The number of hydrogen-bond donors (Lipinski definition) is 1. The standard InChI is InChI=1S/C38H64O5/c1-3-5-7-9-11-13-15-17-18-19-20-21-23-25-27-29-31-33-38(41)43-36(34-39)35-42-37(40)32-30-28-26-24-22-16-14-12-10-8-6-4-2/h5,7,11,13,17-18,20-21,25,27,36,39H,3-4,6,8-10,12,14-16,19,22-24,26,28-35H2,1-2H3/b7-5-,13-11-,18-17-,21-20-,27-25-/t36-/m0/s1. The Labute approximate surface area is 264 Å². The molecule has 0 aliphatic rings. The van der Waals surface area contributed by atoms with Gasteiger partial charge in [-0.15, -0.1) is 0 Å². The molecule has 0 aliphatic heterocycles. The number of aliphatic hydroxyl groups excluding tert-OH is 1. The van der Waals surface area contributed by atoms with Crippen molar-refractivity contribution in [2.24, 2.45) is 0 Å². The molecule has 0 bridgehead atoms. The number of unbranched alkanes of at least 4 members (excludes halogenated alkanes) is 12. The monoisotopic (exact) mass is 600 g/mol. The molecule has 0 unspecified atom stereocenters. The molecule has 43 heavy (non-hydrogen) atoms. The van der Waals surface area contributed by atoms with E-state index in [2.05, 4.69) is 74.6 Å². The van der Waals surface area contributed by atoms with E-state index in [1.54, 1.807) is 0 Å². The summed E-state index contributed by atoms with van der Waals surface area (Å²) in [6.45, 7) is 3.95. The van der Waals surface area contributed by atoms with Crippen molar-refractivity contribution in [3.63, 3.8) is 0 Å². The Bertz CT molecular complexity index is 777. The molecule has 0 heterocycles. The van der Waals surface area contributed by atoms with E-state index in [1.165, 1.54) is 57.8 Å². The van der Waals surface area contributed by atoms with Crippen LogP contribution in [0.4, 0.5) is 0 Å². The molecule has 0 aromatic carbocycles. The third-order valence-corrected chi connectivity index (χ3v) is 7.08. The van der Waals surface area contributed by atoms with Gasteiger partial charge in [0.15, 0.2) is 6.10 Å². The van der Waals surface area contributed by atoms with E-state index < -0.39 is 6.10 Å². The summed E-state index contributed by atoms with van der Waals surface area (Å²) in [5.74, 6) is -0.664. The molecule has 0 spiro atoms. The molecule has 246 valence electrons. The molecule has 1 atom stereocenters. The highest BCUT2D eigenvalue weighted by molar-refractivity contribution is 5.70. The predicted molar refractivity (Wildman–Crippen MR) is 182 cm³/mol. The van der Waals surface area contributed by atoms with Gasteiger partial charge in [0.2, 0.25) is 0 Å². The van der Waals surface area contributed by atoms with Gasteiger partial charge in [-0.2, -0.15) is 0 Å². The van der Waals surface area contributed by atoms with Gasteiger partial charge in [0, 0.05) is 12.8 Å². The van der Waals surface area contributed by atoms with Crippen LogP contribution in [0.1, 0.15) is 149 Å². The summed E-state index contributed by atoms with van der Waals surface area (Å²) in [5.41, 5.74) is 0. The molecule has 5 heteroatoms. The summed E-state index contributed by atoms with van der Waals surface area (Å²) in [4.78, 5) is 24.1. The highest BCUT2D eigenvalue weighted by Gasteiger charge is 2.15. The molecular formula is C38H64O5. The van der Waals surface area contributed by atoms with Crippen LogP contribution in [0.5, 0.6) is 0 Å². The van der Waals surface area contributed by atoms with E-state index in [4.69, 9.17) is 9.47 Å². The Balaban J connectivity index is 3.71. The Morgan fingerprint density at radius 3 is 1.49 bits per heavy atom. The second-order valence-electron chi connectivity index (χ2n) is 11.2. The Morgan fingerprint density at radius 2 is 1.00 bits per heavy atom. The highest BCUT2D eigenvalue weighted by atomic mass is 16.6. The van der Waals surface area contributed by atoms with Crippen molar-refractivity contribution < 1.29 is 24.2 Å². The van der Waals surface area contributed by atoms with Crippen LogP contribution in [0, 0.1) is 0 Å². The summed E-state index contributed by atoms with van der Waals surface area (Å²) in [5, 5.41) is 9.50. The van der Waals surface area contributed by atoms with Crippen molar-refractivity contribution >= 4 is 11.9 Å². The van der Waals surface area contributed by atoms with Gasteiger partial charge < -0.3 is 14.6 Å². The highest BCUT2D eigenvalue weighted by Crippen LogP contribution is 2.13. The van der Waals surface area contributed by atoms with Crippen molar-refractivity contribution in [2.75, 3.05) is 13.2 Å². The average Bonchev–Trinajstić information content (AvgIpc) is 3.01. The zero-order valence-electron chi connectivity index (χ0n) is 27.7. The van der Waals surface area contributed by atoms with E-state index in [0.717, 1.165) is 57.8 Å². The first-order chi connectivity index (χ1) is 21.1. The summed E-state index contributed by atoms with van der Waals surface area (Å²) < 4.78 is 10.5. The van der Waals surface area contributed by atoms with E-state index in [1.807, 2.05) is 0 Å². The maximum Gasteiger partial charge on any atom is 0.306 e. The zero-order chi connectivity index (χ0) is 31.5. The van der Waals surface area contributed by atoms with E-state index in [0.29, 0.717) is 12.8 Å². The first-order valence-electron chi connectivity index (χ1n) is 17.3. The Hall–Kier alpha value is -2.40. The van der Waals surface area contributed by atoms with Crippen molar-refractivity contribution in [1.29, 1.82) is 0 Å². The van der Waals surface area contributed by atoms with Crippen molar-refractivity contribution in [1.82, 2.24) is 0 Å². The SMILES string of the molecule is CC/C=C\C/C=C\C/C=C\C/C=C\C/C=C\CCCC(=O)O[C@@H](CO)COC(=O)CCCCCCCCCCCCCC. The second-order valence-corrected chi connectivity index (χ2v) is 11.2. The van der Waals surface area contributed by atoms with Crippen LogP contribution in [0.25, 0.3) is 0 Å². The predicted octanol–water partition coefficient (Wildman–Crippen LogP) is 10.4. The van der Waals surface area contributed by atoms with Gasteiger partial charge in [0.1, 0.15) is 6.61 Å². The normalized spacial score (nSPS) is 12.9. The molecule has 1 N–H and O–H groups in total. The van der Waals surface area contributed by atoms with Crippen LogP contribution in [-0.4, -0.2) is 36.4 Å². The Morgan fingerprint density at radius 1 is 0.558 bits per heavy atom. The molecule has 5 nitrogen and oxygen atoms in total. The lowest BCUT2D eigenvalue weighted by Gasteiger charge is -2.15. The number of carbonyl (C=O) groups excluding carboxylic acids is 2. The molecule has 0 aliphatic carbocycles. The van der Waals surface area contributed by atoms with Crippen LogP contribution in [0.3, 0.4) is 0 Å². The lowest BCUT2D eigenvalue weighted by Crippen LogP contribution is -2.28. The number of rotatable bonds is 30. The van der Waals surface area contributed by atoms with Gasteiger partial charge in [-0.1, -0.05) is 145 Å². The number of aliphatic hydroxyl groups is 1. The fraction of sp³-hybridized carbons (Fsp3) is 0.684. The minimum Gasteiger partial charge on any atom is -0.462 e. The molecular weight excluding hydrogens is 536 g/mol. The number of carbonyl (C=O) groups is 2. The van der Waals surface area contributed by atoms with Crippen LogP contribution in [-0.2, 0) is 19.1 Å². The maximum absolute atomic E-state index is 12.1. The first kappa shape index (κ1) is 40.6. The molecule has 0 fully saturated rings. The molecule has 0 rings (SSSR count). The largest absolute Gasteiger partial charge is 0.462 e. The van der Waals surface area contributed by atoms with Crippen LogP contribution < -0.4 is 0 Å². The van der Waals surface area contributed by atoms with Gasteiger partial charge in [-0.25, -0.2) is 0 Å². The second kappa shape index (κ2) is 34.1. The third-order valence-electron chi connectivity index (χ3n) is 7.08. The zero-order valence-corrected chi connectivity index (χ0v) is 27.7. The van der Waals surface area contributed by atoms with Gasteiger partial charge in [0.05, 0.1) is 6.61 Å². The van der Waals surface area contributed by atoms with Gasteiger partial charge in [-0.3, -0.25) is 9.59 Å².